The Morgan fingerprint density at radius 1 is 1.28 bits per heavy atom. The number of nitrogens with zero attached hydrogens (tertiary/aromatic N) is 2. The zero-order valence-electron chi connectivity index (χ0n) is 10.6. The molecule has 1 aliphatic rings. The second-order valence-electron chi connectivity index (χ2n) is 4.18. The number of nitrogens with two attached hydrogens (primary N) is 1. The van der Waals surface area contributed by atoms with Gasteiger partial charge in [0.1, 0.15) is 17.3 Å². The van der Waals surface area contributed by atoms with Crippen LogP contribution in [0.3, 0.4) is 0 Å². The largest absolute Gasteiger partial charge is 0.383 e. The van der Waals surface area contributed by atoms with Gasteiger partial charge in [-0.15, -0.1) is 0 Å². The molecular weight excluding hydrogens is 298 g/mol. The van der Waals surface area contributed by atoms with E-state index in [1.54, 1.807) is 0 Å². The quantitative estimate of drug-likeness (QED) is 0.817. The van der Waals surface area contributed by atoms with E-state index in [2.05, 4.69) is 25.9 Å². The number of aromatic nitrogens is 2. The van der Waals surface area contributed by atoms with E-state index >= 15 is 0 Å². The Balaban J connectivity index is 2.33. The summed E-state index contributed by atoms with van der Waals surface area (Å²) in [5, 5.41) is 0. The minimum atomic E-state index is -0.489. The Hall–Kier alpha value is -0.720. The van der Waals surface area contributed by atoms with Crippen molar-refractivity contribution in [2.75, 3.05) is 18.9 Å². The molecule has 2 N–H and O–H groups in total. The van der Waals surface area contributed by atoms with Crippen molar-refractivity contribution in [2.45, 2.75) is 38.9 Å². The van der Waals surface area contributed by atoms with Crippen LogP contribution in [0.5, 0.6) is 0 Å². The molecule has 18 heavy (non-hydrogen) atoms. The average Bonchev–Trinajstić information content (AvgIpc) is 3.16. The molecule has 6 heteroatoms. The van der Waals surface area contributed by atoms with Crippen molar-refractivity contribution in [2.24, 2.45) is 0 Å². The number of rotatable bonds is 6. The Kier molecular flexibility index (Phi) is 4.53. The van der Waals surface area contributed by atoms with Crippen LogP contribution in [0.15, 0.2) is 4.47 Å². The lowest BCUT2D eigenvalue weighted by Gasteiger charge is -2.18. The van der Waals surface area contributed by atoms with E-state index < -0.39 is 6.29 Å². The Morgan fingerprint density at radius 2 is 1.89 bits per heavy atom. The SMILES string of the molecule is CCOC(OCC)c1nc(C2CC2)nc(N)c1Br. The van der Waals surface area contributed by atoms with E-state index in [1.807, 2.05) is 13.8 Å². The van der Waals surface area contributed by atoms with Crippen molar-refractivity contribution in [3.05, 3.63) is 16.0 Å². The van der Waals surface area contributed by atoms with Crippen LogP contribution in [0.4, 0.5) is 5.82 Å². The maximum absolute atomic E-state index is 5.91. The smallest absolute Gasteiger partial charge is 0.202 e. The van der Waals surface area contributed by atoms with Crippen LogP contribution in [0, 0.1) is 0 Å². The Labute approximate surface area is 115 Å². The summed E-state index contributed by atoms with van der Waals surface area (Å²) in [6.45, 7) is 4.96. The van der Waals surface area contributed by atoms with E-state index in [4.69, 9.17) is 15.2 Å². The first-order valence-electron chi connectivity index (χ1n) is 6.23. The van der Waals surface area contributed by atoms with Gasteiger partial charge < -0.3 is 15.2 Å². The number of nitrogen functional groups attached to an aromatic ring is 1. The summed E-state index contributed by atoms with van der Waals surface area (Å²) < 4.78 is 11.8. The Morgan fingerprint density at radius 3 is 2.39 bits per heavy atom. The summed E-state index contributed by atoms with van der Waals surface area (Å²) in [5.74, 6) is 1.70. The van der Waals surface area contributed by atoms with Crippen molar-refractivity contribution in [1.29, 1.82) is 0 Å². The summed E-state index contributed by atoms with van der Waals surface area (Å²) in [4.78, 5) is 8.85. The normalized spacial score (nSPS) is 15.3. The lowest BCUT2D eigenvalue weighted by Crippen LogP contribution is -2.14. The molecule has 0 atom stereocenters. The van der Waals surface area contributed by atoms with Crippen molar-refractivity contribution >= 4 is 21.7 Å². The van der Waals surface area contributed by atoms with Crippen LogP contribution in [-0.4, -0.2) is 23.2 Å². The molecule has 1 aromatic rings. The van der Waals surface area contributed by atoms with Gasteiger partial charge >= 0.3 is 0 Å². The van der Waals surface area contributed by atoms with Gasteiger partial charge in [0.25, 0.3) is 0 Å². The first-order chi connectivity index (χ1) is 8.67. The molecule has 0 bridgehead atoms. The Bertz CT molecular complexity index is 418. The van der Waals surface area contributed by atoms with Crippen LogP contribution >= 0.6 is 15.9 Å². The predicted molar refractivity (Wildman–Crippen MR) is 72.1 cm³/mol. The molecular formula is C12H18BrN3O2. The molecule has 5 nitrogen and oxygen atoms in total. The zero-order chi connectivity index (χ0) is 13.1. The van der Waals surface area contributed by atoms with Gasteiger partial charge in [0, 0.05) is 19.1 Å². The predicted octanol–water partition coefficient (Wildman–Crippen LogP) is 2.77. The molecule has 100 valence electrons. The minimum absolute atomic E-state index is 0.447. The third-order valence-electron chi connectivity index (χ3n) is 2.72. The van der Waals surface area contributed by atoms with Crippen molar-refractivity contribution in [1.82, 2.24) is 9.97 Å². The van der Waals surface area contributed by atoms with Gasteiger partial charge in [-0.3, -0.25) is 0 Å². The third-order valence-corrected chi connectivity index (χ3v) is 3.53. The van der Waals surface area contributed by atoms with Gasteiger partial charge in [0.05, 0.1) is 4.47 Å². The van der Waals surface area contributed by atoms with Crippen molar-refractivity contribution < 1.29 is 9.47 Å². The molecule has 0 spiro atoms. The van der Waals surface area contributed by atoms with E-state index in [1.165, 1.54) is 0 Å². The third kappa shape index (κ3) is 2.99. The number of halogens is 1. The van der Waals surface area contributed by atoms with Gasteiger partial charge in [0.2, 0.25) is 6.29 Å². The molecule has 0 saturated heterocycles. The maximum atomic E-state index is 5.91. The molecule has 1 saturated carbocycles. The highest BCUT2D eigenvalue weighted by atomic mass is 79.9. The topological polar surface area (TPSA) is 70.3 Å². The highest BCUT2D eigenvalue weighted by molar-refractivity contribution is 9.10. The first-order valence-corrected chi connectivity index (χ1v) is 7.02. The monoisotopic (exact) mass is 315 g/mol. The average molecular weight is 316 g/mol. The van der Waals surface area contributed by atoms with E-state index in [0.29, 0.717) is 35.1 Å². The molecule has 1 aliphatic carbocycles. The minimum Gasteiger partial charge on any atom is -0.383 e. The van der Waals surface area contributed by atoms with E-state index in [9.17, 15) is 0 Å². The molecule has 1 heterocycles. The fraction of sp³-hybridized carbons (Fsp3) is 0.667. The summed E-state index contributed by atoms with van der Waals surface area (Å²) in [7, 11) is 0. The second-order valence-corrected chi connectivity index (χ2v) is 4.98. The zero-order valence-corrected chi connectivity index (χ0v) is 12.2. The molecule has 2 rings (SSSR count). The van der Waals surface area contributed by atoms with Gasteiger partial charge in [-0.05, 0) is 42.6 Å². The molecule has 0 radical (unpaired) electrons. The van der Waals surface area contributed by atoms with Gasteiger partial charge in [-0.2, -0.15) is 0 Å². The van der Waals surface area contributed by atoms with Gasteiger partial charge in [0.15, 0.2) is 0 Å². The second kappa shape index (κ2) is 5.95. The lowest BCUT2D eigenvalue weighted by atomic mass is 10.3. The number of ether oxygens (including phenoxy) is 2. The number of anilines is 1. The van der Waals surface area contributed by atoms with E-state index in [0.717, 1.165) is 18.7 Å². The molecule has 0 amide bonds. The van der Waals surface area contributed by atoms with Crippen LogP contribution in [0.1, 0.15) is 50.4 Å². The highest BCUT2D eigenvalue weighted by Crippen LogP contribution is 2.40. The van der Waals surface area contributed by atoms with Crippen LogP contribution in [-0.2, 0) is 9.47 Å². The fourth-order valence-electron chi connectivity index (χ4n) is 1.69. The van der Waals surface area contributed by atoms with Gasteiger partial charge in [-0.1, -0.05) is 0 Å². The molecule has 0 aliphatic heterocycles. The van der Waals surface area contributed by atoms with Crippen molar-refractivity contribution in [3.8, 4) is 0 Å². The summed E-state index contributed by atoms with van der Waals surface area (Å²) in [5.41, 5.74) is 6.60. The number of hydrogen-bond acceptors (Lipinski definition) is 5. The van der Waals surface area contributed by atoms with Gasteiger partial charge in [-0.25, -0.2) is 9.97 Å². The lowest BCUT2D eigenvalue weighted by molar-refractivity contribution is -0.143. The van der Waals surface area contributed by atoms with Crippen LogP contribution in [0.25, 0.3) is 0 Å². The maximum Gasteiger partial charge on any atom is 0.202 e. The van der Waals surface area contributed by atoms with Crippen molar-refractivity contribution in [3.63, 3.8) is 0 Å². The summed E-state index contributed by atoms with van der Waals surface area (Å²) in [6, 6.07) is 0. The van der Waals surface area contributed by atoms with Crippen LogP contribution in [0.2, 0.25) is 0 Å². The summed E-state index contributed by atoms with van der Waals surface area (Å²) >= 11 is 3.41. The van der Waals surface area contributed by atoms with E-state index in [-0.39, 0.29) is 0 Å². The fourth-order valence-corrected chi connectivity index (χ4v) is 2.05. The number of hydrogen-bond donors (Lipinski definition) is 1. The van der Waals surface area contributed by atoms with Crippen LogP contribution < -0.4 is 5.73 Å². The first kappa shape index (κ1) is 13.7. The summed E-state index contributed by atoms with van der Waals surface area (Å²) in [6.07, 6.45) is 1.78. The molecule has 0 aromatic carbocycles. The molecule has 1 fully saturated rings. The molecule has 1 aromatic heterocycles. The molecule has 0 unspecified atom stereocenters. The standard InChI is InChI=1S/C12H18BrN3O2/c1-3-17-12(18-4-2)9-8(13)10(14)16-11(15-9)7-5-6-7/h7,12H,3-6H2,1-2H3,(H2,14,15,16). The highest BCUT2D eigenvalue weighted by Gasteiger charge is 2.29.